The Morgan fingerprint density at radius 2 is 1.76 bits per heavy atom. The molecule has 4 heteroatoms. The summed E-state index contributed by atoms with van der Waals surface area (Å²) in [4.78, 5) is 4.37. The molecule has 1 aromatic carbocycles. The first-order valence-corrected chi connectivity index (χ1v) is 9.92. The van der Waals surface area contributed by atoms with Crippen molar-refractivity contribution in [3.05, 3.63) is 79.0 Å². The number of rotatable bonds is 3. The van der Waals surface area contributed by atoms with Gasteiger partial charge in [-0.1, -0.05) is 42.5 Å². The summed E-state index contributed by atoms with van der Waals surface area (Å²) in [6, 6.07) is 14.8. The standard InChI is InChI=1S/C16H15N.CH3.2ClH.Cr/c1-2-7-16-13(5-1)8-9-14(16)10-11-15-6-3-4-12-17-15;;;;/h1-9,12,14H,10-11H2;1H3;2*1H;/q;-1;;;+3/p-2. The summed E-state index contributed by atoms with van der Waals surface area (Å²) in [7, 11) is 9.65. The van der Waals surface area contributed by atoms with Gasteiger partial charge >= 0.3 is 33.5 Å². The molecule has 111 valence electrons. The number of aromatic nitrogens is 1. The molecule has 1 aliphatic carbocycles. The molecule has 1 heterocycles. The number of aryl methyl sites for hydroxylation is 1. The third-order valence-electron chi connectivity index (χ3n) is 3.34. The number of halogens is 2. The van der Waals surface area contributed by atoms with Crippen LogP contribution < -0.4 is 0 Å². The van der Waals surface area contributed by atoms with E-state index in [1.807, 2.05) is 12.3 Å². The molecule has 0 amide bonds. The number of hydrogen-bond donors (Lipinski definition) is 0. The zero-order valence-corrected chi connectivity index (χ0v) is 14.7. The molecule has 0 bridgehead atoms. The zero-order chi connectivity index (χ0) is 14.2. The van der Waals surface area contributed by atoms with Gasteiger partial charge in [-0.05, 0) is 36.1 Å². The molecule has 1 atom stereocenters. The third kappa shape index (κ3) is 5.49. The fraction of sp³-hybridized carbons (Fsp3) is 0.176. The van der Waals surface area contributed by atoms with Gasteiger partial charge < -0.3 is 7.43 Å². The van der Waals surface area contributed by atoms with Crippen molar-refractivity contribution < 1.29 is 13.4 Å². The summed E-state index contributed by atoms with van der Waals surface area (Å²) >= 11 is -0.181. The molecule has 3 rings (SSSR count). The molecule has 0 radical (unpaired) electrons. The molecule has 1 aliphatic rings. The monoisotopic (exact) mass is 358 g/mol. The summed E-state index contributed by atoms with van der Waals surface area (Å²) in [5, 5.41) is 0. The zero-order valence-electron chi connectivity index (χ0n) is 11.9. The molecule has 21 heavy (non-hydrogen) atoms. The van der Waals surface area contributed by atoms with Crippen molar-refractivity contribution in [2.24, 2.45) is 0 Å². The van der Waals surface area contributed by atoms with Crippen molar-refractivity contribution >= 4 is 26.2 Å². The van der Waals surface area contributed by atoms with Crippen LogP contribution in [0.1, 0.15) is 29.2 Å². The number of nitrogens with zero attached hydrogens (tertiary/aromatic N) is 1. The van der Waals surface area contributed by atoms with Crippen LogP contribution in [0, 0.1) is 7.43 Å². The van der Waals surface area contributed by atoms with E-state index in [-0.39, 0.29) is 20.8 Å². The van der Waals surface area contributed by atoms with Crippen LogP contribution in [-0.4, -0.2) is 4.98 Å². The SMILES string of the molecule is C1=CC(CCc2ccccn2)c2ccccc21.[CH3-].[Cl][Cr+][Cl]. The van der Waals surface area contributed by atoms with Crippen LogP contribution in [0.4, 0.5) is 0 Å². The van der Waals surface area contributed by atoms with Gasteiger partial charge in [0.05, 0.1) is 0 Å². The van der Waals surface area contributed by atoms with E-state index in [1.54, 1.807) is 0 Å². The van der Waals surface area contributed by atoms with Gasteiger partial charge in [-0.25, -0.2) is 0 Å². The average Bonchev–Trinajstić information content (AvgIpc) is 2.90. The van der Waals surface area contributed by atoms with Gasteiger partial charge in [0, 0.05) is 17.8 Å². The second kappa shape index (κ2) is 10.0. The summed E-state index contributed by atoms with van der Waals surface area (Å²) in [5.74, 6) is 0.563. The molecular weight excluding hydrogens is 341 g/mol. The Morgan fingerprint density at radius 1 is 1.05 bits per heavy atom. The molecule has 0 saturated carbocycles. The van der Waals surface area contributed by atoms with E-state index in [9.17, 15) is 0 Å². The number of allylic oxidation sites excluding steroid dienone is 1. The third-order valence-corrected chi connectivity index (χ3v) is 3.34. The fourth-order valence-corrected chi connectivity index (χ4v) is 2.42. The van der Waals surface area contributed by atoms with Crippen molar-refractivity contribution in [1.29, 1.82) is 0 Å². The van der Waals surface area contributed by atoms with E-state index >= 15 is 0 Å². The molecule has 0 spiro atoms. The summed E-state index contributed by atoms with van der Waals surface area (Å²) in [5.41, 5.74) is 4.02. The normalized spacial score (nSPS) is 14.5. The van der Waals surface area contributed by atoms with Crippen LogP contribution in [0.15, 0.2) is 54.7 Å². The van der Waals surface area contributed by atoms with Crippen molar-refractivity contribution in [2.45, 2.75) is 18.8 Å². The summed E-state index contributed by atoms with van der Waals surface area (Å²) in [6.07, 6.45) is 8.61. The van der Waals surface area contributed by atoms with Crippen molar-refractivity contribution in [1.82, 2.24) is 4.98 Å². The van der Waals surface area contributed by atoms with Crippen molar-refractivity contribution in [2.75, 3.05) is 0 Å². The van der Waals surface area contributed by atoms with E-state index in [2.05, 4.69) is 53.5 Å². The average molecular weight is 359 g/mol. The Hall–Kier alpha value is -0.778. The first-order valence-electron chi connectivity index (χ1n) is 6.41. The first kappa shape index (κ1) is 18.3. The van der Waals surface area contributed by atoms with Gasteiger partial charge in [0.15, 0.2) is 0 Å². The van der Waals surface area contributed by atoms with Crippen LogP contribution in [0.5, 0.6) is 0 Å². The molecule has 0 fully saturated rings. The maximum absolute atomic E-state index is 4.83. The van der Waals surface area contributed by atoms with Crippen LogP contribution in [0.3, 0.4) is 0 Å². The molecule has 2 aromatic rings. The van der Waals surface area contributed by atoms with Gasteiger partial charge in [0.25, 0.3) is 0 Å². The van der Waals surface area contributed by atoms with Crippen molar-refractivity contribution in [3.8, 4) is 0 Å². The van der Waals surface area contributed by atoms with Gasteiger partial charge in [0.2, 0.25) is 0 Å². The Morgan fingerprint density at radius 3 is 2.48 bits per heavy atom. The van der Waals surface area contributed by atoms with Gasteiger partial charge in [-0.15, -0.1) is 0 Å². The minimum atomic E-state index is -0.181. The van der Waals surface area contributed by atoms with E-state index in [0.29, 0.717) is 5.92 Å². The topological polar surface area (TPSA) is 12.9 Å². The van der Waals surface area contributed by atoms with E-state index in [1.165, 1.54) is 16.8 Å². The molecule has 1 nitrogen and oxygen atoms in total. The second-order valence-electron chi connectivity index (χ2n) is 4.51. The van der Waals surface area contributed by atoms with Gasteiger partial charge in [-0.2, -0.15) is 0 Å². The Kier molecular flexibility index (Phi) is 8.73. The Labute approximate surface area is 142 Å². The summed E-state index contributed by atoms with van der Waals surface area (Å²) in [6.45, 7) is 0. The second-order valence-corrected chi connectivity index (χ2v) is 6.62. The molecule has 1 aromatic heterocycles. The Bertz CT molecular complexity index is 558. The van der Waals surface area contributed by atoms with Gasteiger partial charge in [0.1, 0.15) is 0 Å². The maximum atomic E-state index is 4.83. The van der Waals surface area contributed by atoms with Crippen LogP contribution >= 0.6 is 20.1 Å². The number of benzene rings is 1. The van der Waals surface area contributed by atoms with E-state index in [0.717, 1.165) is 12.8 Å². The van der Waals surface area contributed by atoms with Crippen molar-refractivity contribution in [3.63, 3.8) is 0 Å². The van der Waals surface area contributed by atoms with Crippen LogP contribution in [0.2, 0.25) is 0 Å². The fourth-order valence-electron chi connectivity index (χ4n) is 2.42. The Balaban J connectivity index is 0.000000510. The number of hydrogen-bond acceptors (Lipinski definition) is 1. The molecule has 0 saturated heterocycles. The summed E-state index contributed by atoms with van der Waals surface area (Å²) < 4.78 is 0. The number of fused-ring (bicyclic) bond motifs is 1. The molecule has 0 aliphatic heterocycles. The molecular formula is C17H18Cl2CrN. The first-order chi connectivity index (χ1) is 9.85. The molecule has 1 unspecified atom stereocenters. The minimum absolute atomic E-state index is 0. The van der Waals surface area contributed by atoms with Gasteiger partial charge in [-0.3, -0.25) is 4.98 Å². The molecule has 0 N–H and O–H groups in total. The van der Waals surface area contributed by atoms with E-state index < -0.39 is 0 Å². The predicted octanol–water partition coefficient (Wildman–Crippen LogP) is 5.65. The van der Waals surface area contributed by atoms with E-state index in [4.69, 9.17) is 20.1 Å². The quantitative estimate of drug-likeness (QED) is 0.645. The number of pyridine rings is 1. The predicted molar refractivity (Wildman–Crippen MR) is 88.9 cm³/mol. The van der Waals surface area contributed by atoms with Crippen LogP contribution in [0.25, 0.3) is 6.08 Å². The van der Waals surface area contributed by atoms with Crippen LogP contribution in [-0.2, 0) is 19.8 Å².